The van der Waals surface area contributed by atoms with Crippen LogP contribution < -0.4 is 5.46 Å². The number of nitrogens with zero attached hydrogens (tertiary/aromatic N) is 1. The molecular formula is C29H26BNO3. The monoisotopic (exact) mass is 447 g/mol. The molecule has 168 valence electrons. The Labute approximate surface area is 199 Å². The van der Waals surface area contributed by atoms with Crippen molar-refractivity contribution in [2.45, 2.75) is 38.9 Å². The van der Waals surface area contributed by atoms with Crippen molar-refractivity contribution in [2.24, 2.45) is 0 Å². The Morgan fingerprint density at radius 1 is 0.647 bits per heavy atom. The number of oxazole rings is 1. The van der Waals surface area contributed by atoms with Crippen LogP contribution in [0.15, 0.2) is 89.3 Å². The predicted molar refractivity (Wildman–Crippen MR) is 138 cm³/mol. The molecule has 0 bridgehead atoms. The minimum atomic E-state index is -0.457. The predicted octanol–water partition coefficient (Wildman–Crippen LogP) is 6.61. The molecule has 0 aliphatic carbocycles. The Balaban J connectivity index is 1.50. The maximum Gasteiger partial charge on any atom is 0.495 e. The Bertz CT molecular complexity index is 1520. The smallest absolute Gasteiger partial charge is 0.435 e. The van der Waals surface area contributed by atoms with Gasteiger partial charge < -0.3 is 13.7 Å². The van der Waals surface area contributed by atoms with Gasteiger partial charge in [-0.15, -0.1) is 0 Å². The number of benzene rings is 4. The van der Waals surface area contributed by atoms with Gasteiger partial charge in [0.2, 0.25) is 5.89 Å². The molecule has 1 fully saturated rings. The molecule has 4 nitrogen and oxygen atoms in total. The quantitative estimate of drug-likeness (QED) is 0.292. The Morgan fingerprint density at radius 3 is 2.03 bits per heavy atom. The van der Waals surface area contributed by atoms with Crippen molar-refractivity contribution in [3.05, 3.63) is 84.9 Å². The van der Waals surface area contributed by atoms with Crippen LogP contribution in [0.5, 0.6) is 0 Å². The summed E-state index contributed by atoms with van der Waals surface area (Å²) in [4.78, 5) is 4.86. The normalized spacial score (nSPS) is 17.0. The van der Waals surface area contributed by atoms with Gasteiger partial charge in [-0.3, -0.25) is 0 Å². The van der Waals surface area contributed by atoms with Crippen molar-refractivity contribution >= 4 is 34.5 Å². The third kappa shape index (κ3) is 3.27. The molecule has 6 rings (SSSR count). The van der Waals surface area contributed by atoms with E-state index in [1.54, 1.807) is 0 Å². The van der Waals surface area contributed by atoms with Gasteiger partial charge in [0.15, 0.2) is 5.58 Å². The molecule has 0 spiro atoms. The first-order chi connectivity index (χ1) is 16.3. The zero-order chi connectivity index (χ0) is 23.5. The summed E-state index contributed by atoms with van der Waals surface area (Å²) in [5.41, 5.74) is 4.84. The molecule has 0 radical (unpaired) electrons. The highest BCUT2D eigenvalue weighted by molar-refractivity contribution is 6.64. The van der Waals surface area contributed by atoms with Gasteiger partial charge in [0, 0.05) is 10.9 Å². The lowest BCUT2D eigenvalue weighted by molar-refractivity contribution is 0.00578. The van der Waals surface area contributed by atoms with Crippen molar-refractivity contribution in [3.8, 4) is 22.6 Å². The maximum absolute atomic E-state index is 6.39. The third-order valence-electron chi connectivity index (χ3n) is 7.20. The number of hydrogen-bond acceptors (Lipinski definition) is 4. The Hall–Kier alpha value is -3.41. The van der Waals surface area contributed by atoms with Gasteiger partial charge in [0.1, 0.15) is 5.52 Å². The van der Waals surface area contributed by atoms with E-state index in [1.165, 1.54) is 0 Å². The van der Waals surface area contributed by atoms with E-state index in [4.69, 9.17) is 18.7 Å². The third-order valence-corrected chi connectivity index (χ3v) is 7.20. The fourth-order valence-corrected chi connectivity index (χ4v) is 4.59. The first-order valence-electron chi connectivity index (χ1n) is 11.7. The number of aromatic nitrogens is 1. The molecule has 1 aliphatic heterocycles. The second kappa shape index (κ2) is 7.56. The molecule has 0 N–H and O–H groups in total. The van der Waals surface area contributed by atoms with E-state index in [0.29, 0.717) is 5.89 Å². The van der Waals surface area contributed by atoms with Crippen LogP contribution >= 0.6 is 0 Å². The maximum atomic E-state index is 6.39. The molecule has 1 aromatic heterocycles. The van der Waals surface area contributed by atoms with Gasteiger partial charge in [-0.1, -0.05) is 72.8 Å². The largest absolute Gasteiger partial charge is 0.495 e. The van der Waals surface area contributed by atoms with Crippen molar-refractivity contribution in [3.63, 3.8) is 0 Å². The lowest BCUT2D eigenvalue weighted by Crippen LogP contribution is -2.41. The first-order valence-corrected chi connectivity index (χ1v) is 11.7. The average molecular weight is 447 g/mol. The summed E-state index contributed by atoms with van der Waals surface area (Å²) < 4.78 is 19.2. The lowest BCUT2D eigenvalue weighted by Gasteiger charge is -2.32. The van der Waals surface area contributed by atoms with Gasteiger partial charge in [0.25, 0.3) is 0 Å². The Morgan fingerprint density at radius 2 is 1.26 bits per heavy atom. The van der Waals surface area contributed by atoms with Crippen LogP contribution in [0, 0.1) is 0 Å². The van der Waals surface area contributed by atoms with E-state index < -0.39 is 18.3 Å². The van der Waals surface area contributed by atoms with Crippen LogP contribution in [0.25, 0.3) is 44.5 Å². The van der Waals surface area contributed by atoms with E-state index >= 15 is 0 Å². The summed E-state index contributed by atoms with van der Waals surface area (Å²) in [6.45, 7) is 8.30. The number of rotatable bonds is 3. The second-order valence-corrected chi connectivity index (χ2v) is 9.88. The molecule has 1 saturated heterocycles. The number of hydrogen-bond donors (Lipinski definition) is 0. The zero-order valence-electron chi connectivity index (χ0n) is 19.8. The molecule has 0 amide bonds. The van der Waals surface area contributed by atoms with E-state index in [1.807, 2.05) is 42.5 Å². The number of fused-ring (bicyclic) bond motifs is 3. The topological polar surface area (TPSA) is 44.5 Å². The fraction of sp³-hybridized carbons (Fsp3) is 0.207. The van der Waals surface area contributed by atoms with Crippen LogP contribution in [-0.2, 0) is 9.31 Å². The van der Waals surface area contributed by atoms with Crippen molar-refractivity contribution in [1.82, 2.24) is 4.98 Å². The molecule has 2 heterocycles. The van der Waals surface area contributed by atoms with E-state index in [9.17, 15) is 0 Å². The van der Waals surface area contributed by atoms with E-state index in [-0.39, 0.29) is 0 Å². The first kappa shape index (κ1) is 21.1. The summed E-state index contributed by atoms with van der Waals surface area (Å²) in [5.74, 6) is 0.602. The van der Waals surface area contributed by atoms with E-state index in [0.717, 1.165) is 44.0 Å². The molecule has 34 heavy (non-hydrogen) atoms. The van der Waals surface area contributed by atoms with Gasteiger partial charge in [0.05, 0.1) is 11.2 Å². The van der Waals surface area contributed by atoms with Crippen molar-refractivity contribution in [2.75, 3.05) is 0 Å². The molecule has 4 aromatic carbocycles. The van der Waals surface area contributed by atoms with Crippen LogP contribution in [-0.4, -0.2) is 23.3 Å². The van der Waals surface area contributed by atoms with Gasteiger partial charge >= 0.3 is 7.12 Å². The highest BCUT2D eigenvalue weighted by Crippen LogP contribution is 2.39. The molecule has 1 aliphatic rings. The zero-order valence-corrected chi connectivity index (χ0v) is 19.8. The summed E-state index contributed by atoms with van der Waals surface area (Å²) in [7, 11) is -0.457. The van der Waals surface area contributed by atoms with Crippen LogP contribution in [0.3, 0.4) is 0 Å². The molecular weight excluding hydrogens is 421 g/mol. The van der Waals surface area contributed by atoms with Gasteiger partial charge in [-0.25, -0.2) is 4.98 Å². The minimum absolute atomic E-state index is 0.411. The van der Waals surface area contributed by atoms with Crippen LogP contribution in [0.1, 0.15) is 27.7 Å². The van der Waals surface area contributed by atoms with Crippen molar-refractivity contribution in [1.29, 1.82) is 0 Å². The standard InChI is InChI=1S/C29H26BNO3/c1-28(2)29(3,4)34-30(33-28)24-16-10-9-14-22(24)21-13-7-8-15-23(21)27-31-25-18-17-19-11-5-6-12-20(19)26(25)32-27/h5-18H,1-4H3. The highest BCUT2D eigenvalue weighted by Gasteiger charge is 2.52. The Kier molecular flexibility index (Phi) is 4.70. The van der Waals surface area contributed by atoms with Gasteiger partial charge in [-0.2, -0.15) is 0 Å². The second-order valence-electron chi connectivity index (χ2n) is 9.88. The minimum Gasteiger partial charge on any atom is -0.435 e. The van der Waals surface area contributed by atoms with Crippen LogP contribution in [0.4, 0.5) is 0 Å². The summed E-state index contributed by atoms with van der Waals surface area (Å²) >= 11 is 0. The molecule has 5 heteroatoms. The highest BCUT2D eigenvalue weighted by atomic mass is 16.7. The van der Waals surface area contributed by atoms with Gasteiger partial charge in [-0.05, 0) is 61.8 Å². The SMILES string of the molecule is CC1(C)OB(c2ccccc2-c2ccccc2-c2nc3ccc4ccccc4c3o2)OC1(C)C. The average Bonchev–Trinajstić information content (AvgIpc) is 3.37. The molecule has 0 unspecified atom stereocenters. The summed E-state index contributed by atoms with van der Waals surface area (Å²) in [5, 5.41) is 2.20. The lowest BCUT2D eigenvalue weighted by atomic mass is 9.74. The van der Waals surface area contributed by atoms with Crippen molar-refractivity contribution < 1.29 is 13.7 Å². The molecule has 0 atom stereocenters. The fourth-order valence-electron chi connectivity index (χ4n) is 4.59. The molecule has 5 aromatic rings. The molecule has 0 saturated carbocycles. The van der Waals surface area contributed by atoms with Crippen LogP contribution in [0.2, 0.25) is 0 Å². The summed E-state index contributed by atoms with van der Waals surface area (Å²) in [6, 6.07) is 28.8. The summed E-state index contributed by atoms with van der Waals surface area (Å²) in [6.07, 6.45) is 0. The van der Waals surface area contributed by atoms with E-state index in [2.05, 4.69) is 70.2 Å².